The molecule has 3 heterocycles. The molecular weight excluding hydrogens is 200 g/mol. The summed E-state index contributed by atoms with van der Waals surface area (Å²) in [5.74, 6) is 1.38. The largest absolute Gasteiger partial charge is 0.342 e. The highest BCUT2D eigenvalue weighted by Crippen LogP contribution is 2.03. The fourth-order valence-corrected chi connectivity index (χ4v) is 1.23. The van der Waals surface area contributed by atoms with E-state index in [1.807, 2.05) is 0 Å². The minimum Gasteiger partial charge on any atom is -0.239 e. The zero-order valence-electron chi connectivity index (χ0n) is 7.39. The molecule has 74 valence electrons. The van der Waals surface area contributed by atoms with E-state index >= 15 is 0 Å². The number of hydrogen-bond acceptors (Lipinski definition) is 6. The first-order chi connectivity index (χ1) is 7.45. The van der Waals surface area contributed by atoms with Gasteiger partial charge in [-0.15, -0.1) is 14.5 Å². The number of hydrogen-bond donors (Lipinski definition) is 2. The van der Waals surface area contributed by atoms with E-state index in [1.54, 1.807) is 16.3 Å². The number of aliphatic imine (C=N–C) groups is 1. The zero-order valence-corrected chi connectivity index (χ0v) is 7.39. The van der Waals surface area contributed by atoms with Crippen LogP contribution >= 0.6 is 0 Å². The quantitative estimate of drug-likeness (QED) is 0.492. The van der Waals surface area contributed by atoms with Crippen LogP contribution in [0.3, 0.4) is 0 Å². The highest BCUT2D eigenvalue weighted by molar-refractivity contribution is 5.72. The lowest BCUT2D eigenvalue weighted by Crippen LogP contribution is -2.79. The first kappa shape index (κ1) is 7.87. The van der Waals surface area contributed by atoms with E-state index < -0.39 is 0 Å². The summed E-state index contributed by atoms with van der Waals surface area (Å²) in [6, 6.07) is 0. The second-order valence-electron chi connectivity index (χ2n) is 2.71. The third-order valence-electron chi connectivity index (χ3n) is 1.86. The van der Waals surface area contributed by atoms with Crippen molar-refractivity contribution >= 4 is 18.0 Å². The van der Waals surface area contributed by atoms with Gasteiger partial charge in [0.25, 0.3) is 6.33 Å². The van der Waals surface area contributed by atoms with Gasteiger partial charge in [-0.3, -0.25) is 0 Å². The fraction of sp³-hybridized carbons (Fsp3) is 0. The van der Waals surface area contributed by atoms with Crippen LogP contribution in [0.25, 0.3) is 11.6 Å². The molecule has 0 saturated heterocycles. The van der Waals surface area contributed by atoms with Gasteiger partial charge in [-0.25, -0.2) is 5.32 Å². The Hall–Kier alpha value is -2.49. The average molecular weight is 206 g/mol. The summed E-state index contributed by atoms with van der Waals surface area (Å²) in [4.78, 5) is 4.15. The molecule has 0 fully saturated rings. The van der Waals surface area contributed by atoms with Gasteiger partial charge in [-0.05, 0) is 10.4 Å². The summed E-state index contributed by atoms with van der Waals surface area (Å²) in [6.07, 6.45) is 4.65. The van der Waals surface area contributed by atoms with Crippen molar-refractivity contribution in [3.05, 3.63) is 12.7 Å². The molecule has 2 aromatic heterocycles. The molecule has 0 spiro atoms. The maximum Gasteiger partial charge on any atom is 0.342 e. The van der Waals surface area contributed by atoms with Crippen molar-refractivity contribution in [2.75, 3.05) is 0 Å². The van der Waals surface area contributed by atoms with Gasteiger partial charge in [0, 0.05) is 5.10 Å². The van der Waals surface area contributed by atoms with E-state index in [0.29, 0.717) is 5.82 Å². The number of rotatable bonds is 2. The number of quaternary nitrogens is 1. The third-order valence-corrected chi connectivity index (χ3v) is 1.86. The molecule has 15 heavy (non-hydrogen) atoms. The van der Waals surface area contributed by atoms with E-state index in [-0.39, 0.29) is 0 Å². The maximum atomic E-state index is 4.15. The molecule has 0 unspecified atom stereocenters. The van der Waals surface area contributed by atoms with Crippen LogP contribution in [0.4, 0.5) is 0 Å². The van der Waals surface area contributed by atoms with Crippen LogP contribution in [0.15, 0.2) is 17.6 Å². The molecule has 0 bridgehead atoms. The third kappa shape index (κ3) is 1.20. The SMILES string of the molecule is C1=NC([n+]2cnn[nH]2)=C(n2cnnn2)[NH2+]1. The summed E-state index contributed by atoms with van der Waals surface area (Å²) in [7, 11) is 0. The first-order valence-corrected chi connectivity index (χ1v) is 4.08. The van der Waals surface area contributed by atoms with E-state index in [0.717, 1.165) is 5.82 Å². The standard InChI is InChI=1S/C5H4N10/c1-6-4(14-2-8-10-12-14)5(7-1)15-3-9-11-13-15/h1-3H,(H,6,7)/p+2. The summed E-state index contributed by atoms with van der Waals surface area (Å²) in [6.45, 7) is 0. The lowest BCUT2D eigenvalue weighted by molar-refractivity contribution is -0.649. The molecule has 1 aliphatic heterocycles. The van der Waals surface area contributed by atoms with Gasteiger partial charge in [-0.2, -0.15) is 0 Å². The second kappa shape index (κ2) is 3.02. The predicted molar refractivity (Wildman–Crippen MR) is 44.2 cm³/mol. The van der Waals surface area contributed by atoms with Crippen molar-refractivity contribution in [1.29, 1.82) is 0 Å². The van der Waals surface area contributed by atoms with Gasteiger partial charge >= 0.3 is 11.6 Å². The van der Waals surface area contributed by atoms with Gasteiger partial charge in [0.15, 0.2) is 0 Å². The molecule has 0 atom stereocenters. The van der Waals surface area contributed by atoms with E-state index in [4.69, 9.17) is 0 Å². The molecule has 0 amide bonds. The van der Waals surface area contributed by atoms with Crippen LogP contribution in [-0.2, 0) is 0 Å². The van der Waals surface area contributed by atoms with Crippen molar-refractivity contribution in [3.8, 4) is 0 Å². The highest BCUT2D eigenvalue weighted by Gasteiger charge is 2.26. The number of nitrogens with one attached hydrogen (secondary N) is 1. The van der Waals surface area contributed by atoms with Crippen LogP contribution in [0.1, 0.15) is 0 Å². The number of H-pyrrole nitrogens is 1. The Morgan fingerprint density at radius 3 is 3.13 bits per heavy atom. The Morgan fingerprint density at radius 1 is 1.40 bits per heavy atom. The normalized spacial score (nSPS) is 15.2. The fourth-order valence-electron chi connectivity index (χ4n) is 1.23. The molecular formula is C5H6N10+2. The molecule has 0 aliphatic carbocycles. The molecule has 2 aromatic rings. The van der Waals surface area contributed by atoms with Crippen LogP contribution in [0.2, 0.25) is 0 Å². The van der Waals surface area contributed by atoms with Crippen LogP contribution in [-0.4, -0.2) is 42.1 Å². The van der Waals surface area contributed by atoms with Gasteiger partial charge in [-0.1, -0.05) is 10.2 Å². The summed E-state index contributed by atoms with van der Waals surface area (Å²) >= 11 is 0. The van der Waals surface area contributed by atoms with Crippen molar-refractivity contribution in [3.63, 3.8) is 0 Å². The molecule has 10 heteroatoms. The summed E-state index contributed by atoms with van der Waals surface area (Å²) in [5, 5.41) is 22.6. The van der Waals surface area contributed by atoms with Crippen LogP contribution < -0.4 is 10.00 Å². The Bertz CT molecular complexity index is 504. The average Bonchev–Trinajstić information content (AvgIpc) is 3.01. The molecule has 0 aromatic carbocycles. The summed E-state index contributed by atoms with van der Waals surface area (Å²) < 4.78 is 3.08. The van der Waals surface area contributed by atoms with E-state index in [9.17, 15) is 0 Å². The minimum absolute atomic E-state index is 0.632. The molecule has 0 radical (unpaired) electrons. The van der Waals surface area contributed by atoms with Crippen LogP contribution in [0, 0.1) is 0 Å². The van der Waals surface area contributed by atoms with Crippen LogP contribution in [0.5, 0.6) is 0 Å². The monoisotopic (exact) mass is 206 g/mol. The number of aromatic amines is 1. The predicted octanol–water partition coefficient (Wildman–Crippen LogP) is -3.58. The molecule has 3 N–H and O–H groups in total. The molecule has 3 rings (SSSR count). The Balaban J connectivity index is 2.11. The molecule has 10 nitrogen and oxygen atoms in total. The maximum absolute atomic E-state index is 4.15. The minimum atomic E-state index is 0.632. The Morgan fingerprint density at radius 2 is 2.40 bits per heavy atom. The molecule has 0 saturated carbocycles. The first-order valence-electron chi connectivity index (χ1n) is 4.08. The smallest absolute Gasteiger partial charge is 0.239 e. The lowest BCUT2D eigenvalue weighted by atomic mass is 10.6. The van der Waals surface area contributed by atoms with Crippen molar-refractivity contribution in [2.24, 2.45) is 4.99 Å². The van der Waals surface area contributed by atoms with Crippen molar-refractivity contribution < 1.29 is 10.00 Å². The highest BCUT2D eigenvalue weighted by atomic mass is 15.6. The topological polar surface area (TPSA) is 118 Å². The number of tetrazole rings is 2. The Kier molecular flexibility index (Phi) is 1.59. The van der Waals surface area contributed by atoms with Gasteiger partial charge in [0.1, 0.15) is 11.5 Å². The second-order valence-corrected chi connectivity index (χ2v) is 2.71. The van der Waals surface area contributed by atoms with E-state index in [1.165, 1.54) is 17.3 Å². The number of aromatic nitrogens is 8. The summed E-state index contributed by atoms with van der Waals surface area (Å²) in [5.41, 5.74) is 0. The number of nitrogens with zero attached hydrogens (tertiary/aromatic N) is 8. The van der Waals surface area contributed by atoms with Gasteiger partial charge in [0.05, 0.1) is 0 Å². The van der Waals surface area contributed by atoms with Gasteiger partial charge in [0.2, 0.25) is 6.34 Å². The Labute approximate surface area is 82.3 Å². The van der Waals surface area contributed by atoms with Crippen molar-refractivity contribution in [1.82, 2.24) is 35.7 Å². The molecule has 1 aliphatic rings. The van der Waals surface area contributed by atoms with Gasteiger partial charge < -0.3 is 0 Å². The lowest BCUT2D eigenvalue weighted by Gasteiger charge is -1.94. The zero-order chi connectivity index (χ0) is 10.1. The van der Waals surface area contributed by atoms with E-state index in [2.05, 4.69) is 36.0 Å². The number of nitrogens with two attached hydrogens (primary N) is 1. The van der Waals surface area contributed by atoms with Crippen molar-refractivity contribution in [2.45, 2.75) is 0 Å².